The van der Waals surface area contributed by atoms with Crippen molar-refractivity contribution in [1.29, 1.82) is 0 Å². The molecule has 0 N–H and O–H groups in total. The van der Waals surface area contributed by atoms with Gasteiger partial charge in [-0.3, -0.25) is 4.79 Å². The van der Waals surface area contributed by atoms with E-state index in [0.29, 0.717) is 0 Å². The van der Waals surface area contributed by atoms with E-state index < -0.39 is 0 Å². The Balaban J connectivity index is 1.58. The number of hydrogen-bond donors (Lipinski definition) is 0. The van der Waals surface area contributed by atoms with Gasteiger partial charge in [0.1, 0.15) is 0 Å². The molecule has 0 radical (unpaired) electrons. The Hall–Kier alpha value is -2.09. The Kier molecular flexibility index (Phi) is 7.71. The van der Waals surface area contributed by atoms with Crippen LogP contribution >= 0.6 is 0 Å². The SMILES string of the molecule is CCCCCCCCCCCCn1c2ccccc2c2cc(C(C)=O)ccc21. The summed E-state index contributed by atoms with van der Waals surface area (Å²) in [5, 5.41) is 2.46. The first kappa shape index (κ1) is 20.6. The number of hydrogen-bond acceptors (Lipinski definition) is 1. The number of ketones is 1. The number of carbonyl (C=O) groups excluding carboxylic acids is 1. The Bertz CT molecular complexity index is 905. The maximum absolute atomic E-state index is 11.8. The number of aryl methyl sites for hydroxylation is 1. The Morgan fingerprint density at radius 1 is 0.750 bits per heavy atom. The second-order valence-electron chi connectivity index (χ2n) is 8.14. The van der Waals surface area contributed by atoms with Crippen LogP contribution in [-0.2, 0) is 6.54 Å². The van der Waals surface area contributed by atoms with Gasteiger partial charge in [0.15, 0.2) is 5.78 Å². The van der Waals surface area contributed by atoms with Gasteiger partial charge in [-0.05, 0) is 37.6 Å². The Morgan fingerprint density at radius 2 is 1.36 bits per heavy atom. The van der Waals surface area contributed by atoms with E-state index in [0.717, 1.165) is 12.1 Å². The van der Waals surface area contributed by atoms with Crippen molar-refractivity contribution in [2.45, 2.75) is 84.6 Å². The van der Waals surface area contributed by atoms with Crippen LogP contribution in [0.3, 0.4) is 0 Å². The number of aromatic nitrogens is 1. The third-order valence-electron chi connectivity index (χ3n) is 5.91. The number of rotatable bonds is 12. The maximum Gasteiger partial charge on any atom is 0.159 e. The molecule has 3 rings (SSSR count). The smallest absolute Gasteiger partial charge is 0.159 e. The average Bonchev–Trinajstić information content (AvgIpc) is 3.02. The predicted octanol–water partition coefficient (Wildman–Crippen LogP) is 7.92. The van der Waals surface area contributed by atoms with Crippen molar-refractivity contribution in [1.82, 2.24) is 4.57 Å². The molecular weight excluding hydrogens is 342 g/mol. The van der Waals surface area contributed by atoms with Crippen LogP contribution in [-0.4, -0.2) is 10.4 Å². The van der Waals surface area contributed by atoms with Gasteiger partial charge in [-0.1, -0.05) is 82.9 Å². The monoisotopic (exact) mass is 377 g/mol. The fraction of sp³-hybridized carbons (Fsp3) is 0.500. The van der Waals surface area contributed by atoms with Crippen LogP contribution in [0, 0.1) is 0 Å². The largest absolute Gasteiger partial charge is 0.340 e. The zero-order valence-corrected chi connectivity index (χ0v) is 17.7. The minimum Gasteiger partial charge on any atom is -0.340 e. The van der Waals surface area contributed by atoms with Crippen molar-refractivity contribution in [3.05, 3.63) is 48.0 Å². The zero-order chi connectivity index (χ0) is 19.8. The van der Waals surface area contributed by atoms with Gasteiger partial charge in [0.05, 0.1) is 0 Å². The lowest BCUT2D eigenvalue weighted by Gasteiger charge is -2.08. The molecule has 0 amide bonds. The second kappa shape index (κ2) is 10.5. The van der Waals surface area contributed by atoms with Crippen molar-refractivity contribution in [2.75, 3.05) is 0 Å². The molecule has 2 nitrogen and oxygen atoms in total. The number of para-hydroxylation sites is 1. The molecule has 0 aliphatic carbocycles. The summed E-state index contributed by atoms with van der Waals surface area (Å²) in [6.45, 7) is 4.98. The molecule has 0 aliphatic rings. The van der Waals surface area contributed by atoms with Crippen molar-refractivity contribution in [2.24, 2.45) is 0 Å². The van der Waals surface area contributed by atoms with Gasteiger partial charge >= 0.3 is 0 Å². The van der Waals surface area contributed by atoms with Crippen molar-refractivity contribution in [3.8, 4) is 0 Å². The minimum absolute atomic E-state index is 0.133. The first-order valence-corrected chi connectivity index (χ1v) is 11.2. The van der Waals surface area contributed by atoms with Crippen LogP contribution < -0.4 is 0 Å². The summed E-state index contributed by atoms with van der Waals surface area (Å²) >= 11 is 0. The summed E-state index contributed by atoms with van der Waals surface area (Å²) in [4.78, 5) is 11.8. The van der Waals surface area contributed by atoms with Crippen molar-refractivity contribution in [3.63, 3.8) is 0 Å². The van der Waals surface area contributed by atoms with E-state index in [1.54, 1.807) is 6.92 Å². The molecule has 1 aromatic heterocycles. The first-order chi connectivity index (χ1) is 13.7. The number of Topliss-reactive ketones (excluding diaryl/α,β-unsaturated/α-hetero) is 1. The molecule has 0 spiro atoms. The minimum atomic E-state index is 0.133. The van der Waals surface area contributed by atoms with Crippen molar-refractivity contribution < 1.29 is 4.79 Å². The molecular formula is C26H35NO. The lowest BCUT2D eigenvalue weighted by molar-refractivity contribution is 0.101. The molecule has 0 fully saturated rings. The van der Waals surface area contributed by atoms with E-state index in [-0.39, 0.29) is 5.78 Å². The number of benzene rings is 2. The van der Waals surface area contributed by atoms with Crippen LogP contribution in [0.4, 0.5) is 0 Å². The molecule has 1 heterocycles. The lowest BCUT2D eigenvalue weighted by atomic mass is 10.1. The normalized spacial score (nSPS) is 11.5. The van der Waals surface area contributed by atoms with E-state index in [4.69, 9.17) is 0 Å². The first-order valence-electron chi connectivity index (χ1n) is 11.2. The van der Waals surface area contributed by atoms with Gasteiger partial charge in [0.2, 0.25) is 0 Å². The summed E-state index contributed by atoms with van der Waals surface area (Å²) in [5.41, 5.74) is 3.34. The number of carbonyl (C=O) groups is 1. The van der Waals surface area contributed by atoms with Gasteiger partial charge in [0, 0.05) is 33.9 Å². The summed E-state index contributed by atoms with van der Waals surface area (Å²) in [6.07, 6.45) is 13.6. The number of unbranched alkanes of at least 4 members (excludes halogenated alkanes) is 9. The number of nitrogens with zero attached hydrogens (tertiary/aromatic N) is 1. The fourth-order valence-corrected chi connectivity index (χ4v) is 4.27. The van der Waals surface area contributed by atoms with Gasteiger partial charge in [-0.2, -0.15) is 0 Å². The van der Waals surface area contributed by atoms with Gasteiger partial charge in [-0.15, -0.1) is 0 Å². The molecule has 0 unspecified atom stereocenters. The van der Waals surface area contributed by atoms with Crippen LogP contribution in [0.1, 0.15) is 88.4 Å². The molecule has 150 valence electrons. The van der Waals surface area contributed by atoms with E-state index in [1.165, 1.54) is 86.0 Å². The van der Waals surface area contributed by atoms with Gasteiger partial charge < -0.3 is 4.57 Å². The molecule has 0 atom stereocenters. The Labute approximate surface area is 169 Å². The Morgan fingerprint density at radius 3 is 2.04 bits per heavy atom. The van der Waals surface area contributed by atoms with Crippen LogP contribution in [0.5, 0.6) is 0 Å². The second-order valence-corrected chi connectivity index (χ2v) is 8.14. The van der Waals surface area contributed by atoms with Crippen molar-refractivity contribution >= 4 is 27.6 Å². The zero-order valence-electron chi connectivity index (χ0n) is 17.7. The molecule has 28 heavy (non-hydrogen) atoms. The van der Waals surface area contributed by atoms with E-state index in [1.807, 2.05) is 6.07 Å². The van der Waals surface area contributed by atoms with Gasteiger partial charge in [0.25, 0.3) is 0 Å². The maximum atomic E-state index is 11.8. The number of fused-ring (bicyclic) bond motifs is 3. The van der Waals surface area contributed by atoms with Gasteiger partial charge in [-0.25, -0.2) is 0 Å². The quantitative estimate of drug-likeness (QED) is 0.232. The van der Waals surface area contributed by atoms with Crippen LogP contribution in [0.2, 0.25) is 0 Å². The summed E-state index contributed by atoms with van der Waals surface area (Å²) in [7, 11) is 0. The summed E-state index contributed by atoms with van der Waals surface area (Å²) in [5.74, 6) is 0.133. The van der Waals surface area contributed by atoms with E-state index in [2.05, 4.69) is 47.9 Å². The molecule has 2 aromatic carbocycles. The molecule has 0 saturated heterocycles. The third kappa shape index (κ3) is 5.04. The summed E-state index contributed by atoms with van der Waals surface area (Å²) in [6, 6.07) is 14.8. The molecule has 3 aromatic rings. The molecule has 0 aliphatic heterocycles. The van der Waals surface area contributed by atoms with E-state index >= 15 is 0 Å². The molecule has 0 bridgehead atoms. The fourth-order valence-electron chi connectivity index (χ4n) is 4.27. The third-order valence-corrected chi connectivity index (χ3v) is 5.91. The highest BCUT2D eigenvalue weighted by Crippen LogP contribution is 2.30. The predicted molar refractivity (Wildman–Crippen MR) is 121 cm³/mol. The molecule has 2 heteroatoms. The van der Waals surface area contributed by atoms with Crippen LogP contribution in [0.15, 0.2) is 42.5 Å². The topological polar surface area (TPSA) is 22.0 Å². The highest BCUT2D eigenvalue weighted by molar-refractivity contribution is 6.10. The van der Waals surface area contributed by atoms with Crippen LogP contribution in [0.25, 0.3) is 21.8 Å². The lowest BCUT2D eigenvalue weighted by Crippen LogP contribution is -1.98. The molecule has 0 saturated carbocycles. The highest BCUT2D eigenvalue weighted by Gasteiger charge is 2.11. The highest BCUT2D eigenvalue weighted by atomic mass is 16.1. The average molecular weight is 378 g/mol. The standard InChI is InChI=1S/C26H35NO/c1-3-4-5-6-7-8-9-10-11-14-19-27-25-16-13-12-15-23(25)24-20-22(21(2)28)17-18-26(24)27/h12-13,15-18,20H,3-11,14,19H2,1-2H3. The van der Waals surface area contributed by atoms with E-state index in [9.17, 15) is 4.79 Å². The summed E-state index contributed by atoms with van der Waals surface area (Å²) < 4.78 is 2.44.